The number of fused-ring (bicyclic) bond motifs is 2. The Bertz CT molecular complexity index is 1700. The van der Waals surface area contributed by atoms with Crippen LogP contribution in [0.15, 0.2) is 47.5 Å². The van der Waals surface area contributed by atoms with Gasteiger partial charge in [-0.3, -0.25) is 9.78 Å². The SMILES string of the molecule is CC1(C)CC(N2CCOc3cc(C#N)cc(-c4ccnc5cc(Cn6ncc(C7CC7)cc6=O)sc45)c32)CN1. The molecule has 1 atom stereocenters. The molecule has 198 valence electrons. The summed E-state index contributed by atoms with van der Waals surface area (Å²) in [4.78, 5) is 20.9. The first-order valence-electron chi connectivity index (χ1n) is 13.6. The number of pyridine rings is 1. The van der Waals surface area contributed by atoms with Crippen LogP contribution in [0.2, 0.25) is 0 Å². The fourth-order valence-electron chi connectivity index (χ4n) is 5.99. The van der Waals surface area contributed by atoms with Crippen molar-refractivity contribution in [3.63, 3.8) is 0 Å². The number of nitrogens with zero attached hydrogens (tertiary/aromatic N) is 5. The monoisotopic (exact) mass is 538 g/mol. The third-order valence-corrected chi connectivity index (χ3v) is 9.22. The number of hydrogen-bond acceptors (Lipinski definition) is 8. The highest BCUT2D eigenvalue weighted by atomic mass is 32.1. The van der Waals surface area contributed by atoms with Crippen LogP contribution in [0.1, 0.15) is 55.0 Å². The highest BCUT2D eigenvalue weighted by molar-refractivity contribution is 7.19. The average molecular weight is 539 g/mol. The summed E-state index contributed by atoms with van der Waals surface area (Å²) < 4.78 is 8.70. The number of thiophene rings is 1. The average Bonchev–Trinajstić information content (AvgIpc) is 3.60. The second kappa shape index (κ2) is 9.18. The van der Waals surface area contributed by atoms with Crippen molar-refractivity contribution in [2.45, 2.75) is 57.2 Å². The van der Waals surface area contributed by atoms with Crippen molar-refractivity contribution >= 4 is 27.2 Å². The Morgan fingerprint density at radius 3 is 2.85 bits per heavy atom. The summed E-state index contributed by atoms with van der Waals surface area (Å²) in [5.41, 5.74) is 5.55. The van der Waals surface area contributed by atoms with E-state index in [1.54, 1.807) is 17.4 Å². The lowest BCUT2D eigenvalue weighted by molar-refractivity contribution is 0.300. The Balaban J connectivity index is 1.31. The molecule has 1 unspecified atom stereocenters. The highest BCUT2D eigenvalue weighted by Crippen LogP contribution is 2.46. The third-order valence-electron chi connectivity index (χ3n) is 8.08. The van der Waals surface area contributed by atoms with Gasteiger partial charge in [0.05, 0.1) is 46.8 Å². The van der Waals surface area contributed by atoms with Gasteiger partial charge in [-0.15, -0.1) is 11.3 Å². The lowest BCUT2D eigenvalue weighted by Crippen LogP contribution is -2.42. The van der Waals surface area contributed by atoms with E-state index in [0.717, 1.165) is 75.6 Å². The smallest absolute Gasteiger partial charge is 0.267 e. The maximum Gasteiger partial charge on any atom is 0.267 e. The normalized spacial score (nSPS) is 20.0. The van der Waals surface area contributed by atoms with Crippen LogP contribution in [-0.2, 0) is 6.54 Å². The number of nitriles is 1. The van der Waals surface area contributed by atoms with Crippen LogP contribution >= 0.6 is 11.3 Å². The van der Waals surface area contributed by atoms with E-state index in [0.29, 0.717) is 30.7 Å². The van der Waals surface area contributed by atoms with Gasteiger partial charge >= 0.3 is 0 Å². The molecule has 4 aromatic rings. The molecule has 0 bridgehead atoms. The van der Waals surface area contributed by atoms with Gasteiger partial charge in [0.2, 0.25) is 0 Å². The molecule has 2 aliphatic heterocycles. The van der Waals surface area contributed by atoms with Crippen molar-refractivity contribution in [2.75, 3.05) is 24.6 Å². The van der Waals surface area contributed by atoms with Gasteiger partial charge in [-0.2, -0.15) is 10.4 Å². The molecule has 1 N–H and O–H groups in total. The quantitative estimate of drug-likeness (QED) is 0.395. The van der Waals surface area contributed by atoms with Gasteiger partial charge in [0, 0.05) is 52.5 Å². The minimum atomic E-state index is -0.0679. The molecule has 0 spiro atoms. The molecule has 7 rings (SSSR count). The zero-order valence-electron chi connectivity index (χ0n) is 22.1. The molecular weight excluding hydrogens is 508 g/mol. The summed E-state index contributed by atoms with van der Waals surface area (Å²) in [6, 6.07) is 12.3. The number of nitrogens with one attached hydrogen (secondary N) is 1. The van der Waals surface area contributed by atoms with Crippen LogP contribution < -0.4 is 20.5 Å². The van der Waals surface area contributed by atoms with Crippen LogP contribution in [0, 0.1) is 11.3 Å². The number of ether oxygens (including phenoxy) is 1. The number of hydrogen-bond donors (Lipinski definition) is 1. The molecule has 1 saturated heterocycles. The lowest BCUT2D eigenvalue weighted by Gasteiger charge is -2.37. The van der Waals surface area contributed by atoms with Gasteiger partial charge in [-0.05, 0) is 62.8 Å². The van der Waals surface area contributed by atoms with Crippen LogP contribution in [0.4, 0.5) is 5.69 Å². The van der Waals surface area contributed by atoms with Crippen molar-refractivity contribution in [1.82, 2.24) is 20.1 Å². The largest absolute Gasteiger partial charge is 0.489 e. The van der Waals surface area contributed by atoms with E-state index >= 15 is 0 Å². The van der Waals surface area contributed by atoms with Gasteiger partial charge in [0.1, 0.15) is 12.4 Å². The fraction of sp³-hybridized carbons (Fsp3) is 0.400. The molecule has 1 saturated carbocycles. The Hall–Kier alpha value is -3.74. The number of anilines is 1. The summed E-state index contributed by atoms with van der Waals surface area (Å²) in [6.07, 6.45) is 6.97. The van der Waals surface area contributed by atoms with Crippen molar-refractivity contribution < 1.29 is 4.74 Å². The van der Waals surface area contributed by atoms with E-state index in [1.807, 2.05) is 36.7 Å². The number of rotatable bonds is 5. The van der Waals surface area contributed by atoms with Crippen molar-refractivity contribution in [1.29, 1.82) is 5.26 Å². The molecule has 5 heterocycles. The van der Waals surface area contributed by atoms with Crippen molar-refractivity contribution in [3.05, 3.63) is 69.1 Å². The second-order valence-corrected chi connectivity index (χ2v) is 12.6. The Morgan fingerprint density at radius 1 is 1.23 bits per heavy atom. The zero-order chi connectivity index (χ0) is 26.7. The van der Waals surface area contributed by atoms with Crippen molar-refractivity contribution in [2.24, 2.45) is 0 Å². The standard InChI is InChI=1S/C30H30N6O2S/c1-30(2)13-21(16-33-30)35-7-8-38-26-10-18(14-31)9-24(28(26)35)23-5-6-32-25-12-22(39-29(23)25)17-36-27(37)11-20(15-34-36)19-3-4-19/h5-6,9-12,15,19,21,33H,3-4,7-8,13,16-17H2,1-2H3. The van der Waals surface area contributed by atoms with Crippen molar-refractivity contribution in [3.8, 4) is 22.9 Å². The molecule has 0 amide bonds. The van der Waals surface area contributed by atoms with Gasteiger partial charge in [0.15, 0.2) is 0 Å². The first kappa shape index (κ1) is 24.3. The molecule has 3 aliphatic rings. The van der Waals surface area contributed by atoms with E-state index in [-0.39, 0.29) is 11.1 Å². The molecule has 9 heteroatoms. The number of benzene rings is 1. The molecule has 39 heavy (non-hydrogen) atoms. The van der Waals surface area contributed by atoms with Gasteiger partial charge in [0.25, 0.3) is 5.56 Å². The molecule has 1 aliphatic carbocycles. The first-order valence-corrected chi connectivity index (χ1v) is 14.4. The maximum absolute atomic E-state index is 12.8. The fourth-order valence-corrected chi connectivity index (χ4v) is 7.12. The van der Waals surface area contributed by atoms with Gasteiger partial charge < -0.3 is 15.0 Å². The van der Waals surface area contributed by atoms with Crippen LogP contribution in [0.5, 0.6) is 5.75 Å². The predicted octanol–water partition coefficient (Wildman–Crippen LogP) is 4.66. The summed E-state index contributed by atoms with van der Waals surface area (Å²) in [7, 11) is 0. The Labute approximate surface area is 230 Å². The van der Waals surface area contributed by atoms with E-state index in [4.69, 9.17) is 4.74 Å². The minimum absolute atomic E-state index is 0.0679. The van der Waals surface area contributed by atoms with E-state index in [1.165, 1.54) is 4.68 Å². The lowest BCUT2D eigenvalue weighted by atomic mass is 9.96. The summed E-state index contributed by atoms with van der Waals surface area (Å²) in [6.45, 7) is 7.18. The Morgan fingerprint density at radius 2 is 2.10 bits per heavy atom. The van der Waals surface area contributed by atoms with Gasteiger partial charge in [-0.25, -0.2) is 4.68 Å². The Kier molecular flexibility index (Phi) is 5.72. The zero-order valence-corrected chi connectivity index (χ0v) is 22.9. The van der Waals surface area contributed by atoms with Gasteiger partial charge in [-0.1, -0.05) is 0 Å². The highest BCUT2D eigenvalue weighted by Gasteiger charge is 2.37. The molecule has 3 aromatic heterocycles. The van der Waals surface area contributed by atoms with E-state index in [9.17, 15) is 10.1 Å². The molecule has 8 nitrogen and oxygen atoms in total. The van der Waals surface area contributed by atoms with Crippen LogP contribution in [0.25, 0.3) is 21.3 Å². The predicted molar refractivity (Wildman–Crippen MR) is 153 cm³/mol. The van der Waals surface area contributed by atoms with E-state index in [2.05, 4.69) is 40.2 Å². The van der Waals surface area contributed by atoms with E-state index < -0.39 is 0 Å². The summed E-state index contributed by atoms with van der Waals surface area (Å²) in [5.74, 6) is 1.26. The summed E-state index contributed by atoms with van der Waals surface area (Å²) in [5, 5.41) is 18.0. The second-order valence-electron chi connectivity index (χ2n) is 11.5. The molecule has 2 fully saturated rings. The topological polar surface area (TPSA) is 96.1 Å². The maximum atomic E-state index is 12.8. The van der Waals surface area contributed by atoms with Crippen LogP contribution in [-0.4, -0.2) is 46.0 Å². The summed E-state index contributed by atoms with van der Waals surface area (Å²) >= 11 is 1.63. The third kappa shape index (κ3) is 4.48. The molecule has 0 radical (unpaired) electrons. The first-order chi connectivity index (χ1) is 18.9. The minimum Gasteiger partial charge on any atom is -0.489 e. The molecule has 1 aromatic carbocycles. The van der Waals surface area contributed by atoms with Crippen LogP contribution in [0.3, 0.4) is 0 Å². The molecular formula is C30H30N6O2S. The number of aromatic nitrogens is 3.